The number of nitrogens with zero attached hydrogens (tertiary/aromatic N) is 1. The van der Waals surface area contributed by atoms with Crippen LogP contribution in [0.15, 0.2) is 5.38 Å². The summed E-state index contributed by atoms with van der Waals surface area (Å²) in [5.41, 5.74) is 1.000. The summed E-state index contributed by atoms with van der Waals surface area (Å²) in [7, 11) is 0. The van der Waals surface area contributed by atoms with Crippen molar-refractivity contribution in [3.63, 3.8) is 0 Å². The zero-order chi connectivity index (χ0) is 12.7. The molecular weight excluding hydrogens is 268 g/mol. The predicted octanol–water partition coefficient (Wildman–Crippen LogP) is 2.68. The first-order chi connectivity index (χ1) is 8.65. The maximum absolute atomic E-state index is 12.5. The van der Waals surface area contributed by atoms with E-state index in [0.29, 0.717) is 22.0 Å². The summed E-state index contributed by atoms with van der Waals surface area (Å²) in [6.45, 7) is 3.62. The molecule has 0 aromatic carbocycles. The van der Waals surface area contributed by atoms with E-state index in [1.54, 1.807) is 0 Å². The maximum atomic E-state index is 12.5. The largest absolute Gasteiger partial charge is 0.336 e. The number of fused-ring (bicyclic) bond motifs is 2. The highest BCUT2D eigenvalue weighted by Gasteiger charge is 2.32. The second-order valence-electron chi connectivity index (χ2n) is 5.24. The van der Waals surface area contributed by atoms with Gasteiger partial charge in [0.05, 0.1) is 5.02 Å². The van der Waals surface area contributed by atoms with E-state index < -0.39 is 0 Å². The summed E-state index contributed by atoms with van der Waals surface area (Å²) in [5.74, 6) is 0.104. The van der Waals surface area contributed by atoms with Crippen molar-refractivity contribution in [1.82, 2.24) is 10.2 Å². The van der Waals surface area contributed by atoms with Crippen LogP contribution in [0.4, 0.5) is 0 Å². The average Bonchev–Trinajstić information content (AvgIpc) is 2.83. The Morgan fingerprint density at radius 2 is 2.22 bits per heavy atom. The summed E-state index contributed by atoms with van der Waals surface area (Å²) in [4.78, 5) is 15.2. The molecule has 2 fully saturated rings. The second kappa shape index (κ2) is 4.83. The third-order valence-electron chi connectivity index (χ3n) is 3.90. The van der Waals surface area contributed by atoms with Crippen LogP contribution in [-0.2, 0) is 0 Å². The monoisotopic (exact) mass is 284 g/mol. The minimum Gasteiger partial charge on any atom is -0.336 e. The van der Waals surface area contributed by atoms with Crippen molar-refractivity contribution in [3.05, 3.63) is 20.8 Å². The average molecular weight is 285 g/mol. The van der Waals surface area contributed by atoms with Gasteiger partial charge in [0, 0.05) is 25.2 Å². The van der Waals surface area contributed by atoms with Gasteiger partial charge in [-0.05, 0) is 37.1 Å². The van der Waals surface area contributed by atoms with Gasteiger partial charge in [-0.2, -0.15) is 0 Å². The lowest BCUT2D eigenvalue weighted by atomic mass is 10.1. The molecule has 2 atom stereocenters. The van der Waals surface area contributed by atoms with Crippen LogP contribution < -0.4 is 5.32 Å². The number of carbonyl (C=O) groups is 1. The molecule has 0 saturated carbocycles. The highest BCUT2D eigenvalue weighted by molar-refractivity contribution is 7.13. The van der Waals surface area contributed by atoms with Crippen LogP contribution in [0.5, 0.6) is 0 Å². The van der Waals surface area contributed by atoms with Crippen LogP contribution in [0.2, 0.25) is 5.02 Å². The first-order valence-corrected chi connectivity index (χ1v) is 7.70. The second-order valence-corrected chi connectivity index (χ2v) is 6.50. The van der Waals surface area contributed by atoms with Crippen molar-refractivity contribution in [2.45, 2.75) is 38.3 Å². The van der Waals surface area contributed by atoms with Gasteiger partial charge in [0.1, 0.15) is 4.88 Å². The van der Waals surface area contributed by atoms with Gasteiger partial charge in [-0.3, -0.25) is 4.79 Å². The number of amides is 1. The number of rotatable bonds is 1. The fourth-order valence-electron chi connectivity index (χ4n) is 2.85. The molecule has 98 valence electrons. The maximum Gasteiger partial charge on any atom is 0.265 e. The van der Waals surface area contributed by atoms with Crippen molar-refractivity contribution in [1.29, 1.82) is 0 Å². The Kier molecular flexibility index (Phi) is 3.34. The Morgan fingerprint density at radius 3 is 2.94 bits per heavy atom. The van der Waals surface area contributed by atoms with Gasteiger partial charge >= 0.3 is 0 Å². The van der Waals surface area contributed by atoms with E-state index in [2.05, 4.69) is 5.32 Å². The number of carbonyl (C=O) groups excluding carboxylic acids is 1. The normalized spacial score (nSPS) is 27.3. The van der Waals surface area contributed by atoms with E-state index >= 15 is 0 Å². The smallest absolute Gasteiger partial charge is 0.265 e. The summed E-state index contributed by atoms with van der Waals surface area (Å²) in [6, 6.07) is 1.08. The Balaban J connectivity index is 1.78. The number of hydrogen-bond donors (Lipinski definition) is 1. The molecule has 2 aliphatic rings. The van der Waals surface area contributed by atoms with E-state index in [-0.39, 0.29) is 5.91 Å². The van der Waals surface area contributed by atoms with Gasteiger partial charge in [0.2, 0.25) is 0 Å². The summed E-state index contributed by atoms with van der Waals surface area (Å²) >= 11 is 7.65. The number of halogens is 1. The first kappa shape index (κ1) is 12.5. The third kappa shape index (κ3) is 2.17. The van der Waals surface area contributed by atoms with Crippen LogP contribution in [0.1, 0.15) is 34.5 Å². The third-order valence-corrected chi connectivity index (χ3v) is 5.59. The van der Waals surface area contributed by atoms with Crippen molar-refractivity contribution in [2.75, 3.05) is 13.1 Å². The summed E-state index contributed by atoms with van der Waals surface area (Å²) < 4.78 is 0. The van der Waals surface area contributed by atoms with Crippen LogP contribution in [0.25, 0.3) is 0 Å². The fourth-order valence-corrected chi connectivity index (χ4v) is 4.09. The van der Waals surface area contributed by atoms with Crippen LogP contribution in [0.3, 0.4) is 0 Å². The Bertz CT molecular complexity index is 474. The van der Waals surface area contributed by atoms with Gasteiger partial charge in [-0.1, -0.05) is 11.6 Å². The topological polar surface area (TPSA) is 32.3 Å². The van der Waals surface area contributed by atoms with E-state index in [0.717, 1.165) is 25.1 Å². The number of hydrogen-bond acceptors (Lipinski definition) is 3. The lowest BCUT2D eigenvalue weighted by Crippen LogP contribution is -2.38. The molecule has 3 nitrogen and oxygen atoms in total. The Labute approximate surface area is 116 Å². The summed E-state index contributed by atoms with van der Waals surface area (Å²) in [6.07, 6.45) is 3.50. The molecule has 1 N–H and O–H groups in total. The molecule has 18 heavy (non-hydrogen) atoms. The molecule has 0 aliphatic carbocycles. The zero-order valence-corrected chi connectivity index (χ0v) is 12.0. The van der Waals surface area contributed by atoms with E-state index in [1.807, 2.05) is 17.2 Å². The van der Waals surface area contributed by atoms with Crippen molar-refractivity contribution in [3.8, 4) is 0 Å². The lowest BCUT2D eigenvalue weighted by Gasteiger charge is -2.23. The molecule has 1 amide bonds. The molecule has 0 radical (unpaired) electrons. The quantitative estimate of drug-likeness (QED) is 0.860. The van der Waals surface area contributed by atoms with Crippen molar-refractivity contribution >= 4 is 28.8 Å². The van der Waals surface area contributed by atoms with Crippen molar-refractivity contribution < 1.29 is 4.79 Å². The number of nitrogens with one attached hydrogen (secondary N) is 1. The van der Waals surface area contributed by atoms with Gasteiger partial charge in [-0.15, -0.1) is 11.3 Å². The van der Waals surface area contributed by atoms with Gasteiger partial charge in [0.15, 0.2) is 0 Å². The Hall–Kier alpha value is -0.580. The molecule has 2 unspecified atom stereocenters. The molecule has 2 aliphatic heterocycles. The molecule has 1 aromatic heterocycles. The fraction of sp³-hybridized carbons (Fsp3) is 0.615. The minimum atomic E-state index is 0.104. The standard InChI is InChI=1S/C13H17ClN2OS/c1-8-7-18-12(11(8)14)13(17)16-5-4-9-2-3-10(6-16)15-9/h7,9-10,15H,2-6H2,1H3. The van der Waals surface area contributed by atoms with Gasteiger partial charge < -0.3 is 10.2 Å². The van der Waals surface area contributed by atoms with Crippen LogP contribution in [-0.4, -0.2) is 36.0 Å². The van der Waals surface area contributed by atoms with Crippen molar-refractivity contribution in [2.24, 2.45) is 0 Å². The van der Waals surface area contributed by atoms with Crippen LogP contribution in [0, 0.1) is 6.92 Å². The molecule has 1 aromatic rings. The highest BCUT2D eigenvalue weighted by Crippen LogP contribution is 2.29. The molecule has 2 bridgehead atoms. The SMILES string of the molecule is Cc1csc(C(=O)N2CCC3CCC(C2)N3)c1Cl. The molecular formula is C13H17ClN2OS. The van der Waals surface area contributed by atoms with Gasteiger partial charge in [-0.25, -0.2) is 0 Å². The van der Waals surface area contributed by atoms with E-state index in [1.165, 1.54) is 24.2 Å². The number of thiophene rings is 1. The molecule has 5 heteroatoms. The van der Waals surface area contributed by atoms with Crippen LogP contribution >= 0.6 is 22.9 Å². The number of aryl methyl sites for hydroxylation is 1. The zero-order valence-electron chi connectivity index (χ0n) is 10.4. The van der Waals surface area contributed by atoms with Gasteiger partial charge in [0.25, 0.3) is 5.91 Å². The molecule has 2 saturated heterocycles. The molecule has 3 heterocycles. The first-order valence-electron chi connectivity index (χ1n) is 6.44. The minimum absolute atomic E-state index is 0.104. The number of likely N-dealkylation sites (tertiary alicyclic amines) is 1. The predicted molar refractivity (Wildman–Crippen MR) is 74.5 cm³/mol. The van der Waals surface area contributed by atoms with E-state index in [4.69, 9.17) is 11.6 Å². The lowest BCUT2D eigenvalue weighted by molar-refractivity contribution is 0.0753. The van der Waals surface area contributed by atoms with E-state index in [9.17, 15) is 4.79 Å². The molecule has 3 rings (SSSR count). The summed E-state index contributed by atoms with van der Waals surface area (Å²) in [5, 5.41) is 6.17. The highest BCUT2D eigenvalue weighted by atomic mass is 35.5. The molecule has 0 spiro atoms. The Morgan fingerprint density at radius 1 is 1.44 bits per heavy atom.